The van der Waals surface area contributed by atoms with Gasteiger partial charge in [-0.2, -0.15) is 11.8 Å². The van der Waals surface area contributed by atoms with Gasteiger partial charge in [-0.25, -0.2) is 0 Å². The number of hydrogen-bond acceptors (Lipinski definition) is 3. The normalized spacial score (nSPS) is 20.2. The molecule has 2 rings (SSSR count). The lowest BCUT2D eigenvalue weighted by atomic mass is 10.1. The van der Waals surface area contributed by atoms with Crippen molar-refractivity contribution in [3.8, 4) is 0 Å². The lowest BCUT2D eigenvalue weighted by Gasteiger charge is -2.35. The minimum atomic E-state index is 0.635. The summed E-state index contributed by atoms with van der Waals surface area (Å²) < 4.78 is 1.21. The Hall–Kier alpha value is -0.190. The van der Waals surface area contributed by atoms with Crippen molar-refractivity contribution in [2.45, 2.75) is 26.4 Å². The van der Waals surface area contributed by atoms with E-state index in [4.69, 9.17) is 0 Å². The first-order valence-corrected chi connectivity index (χ1v) is 8.50. The van der Waals surface area contributed by atoms with E-state index in [9.17, 15) is 0 Å². The molecule has 1 aromatic rings. The molecule has 0 bridgehead atoms. The molecule has 1 atom stereocenters. The van der Waals surface area contributed by atoms with E-state index in [1.54, 1.807) is 0 Å². The fourth-order valence-electron chi connectivity index (χ4n) is 2.23. The molecule has 0 aliphatic carbocycles. The Bertz CT molecular complexity index is 397. The van der Waals surface area contributed by atoms with Crippen LogP contribution >= 0.6 is 27.7 Å². The molecule has 1 heterocycles. The smallest absolute Gasteiger partial charge is 0.0380 e. The summed E-state index contributed by atoms with van der Waals surface area (Å²) in [6, 6.07) is 7.38. The molecule has 1 aliphatic heterocycles. The van der Waals surface area contributed by atoms with Crippen LogP contribution in [0.25, 0.3) is 0 Å². The number of thioether (sulfide) groups is 1. The van der Waals surface area contributed by atoms with Gasteiger partial charge in [0.2, 0.25) is 0 Å². The zero-order valence-electron chi connectivity index (χ0n) is 11.1. The van der Waals surface area contributed by atoms with Gasteiger partial charge in [-0.05, 0) is 31.2 Å². The SMILES string of the molecule is CCNCc1ccc(N2CCSCC2C)cc1Br. The molecule has 1 unspecified atom stereocenters. The van der Waals surface area contributed by atoms with E-state index in [1.807, 2.05) is 0 Å². The summed E-state index contributed by atoms with van der Waals surface area (Å²) in [5, 5.41) is 3.37. The monoisotopic (exact) mass is 328 g/mol. The average Bonchev–Trinajstić information content (AvgIpc) is 2.38. The predicted octanol–water partition coefficient (Wildman–Crippen LogP) is 3.50. The van der Waals surface area contributed by atoms with Crippen LogP contribution in [0.5, 0.6) is 0 Å². The summed E-state index contributed by atoms with van der Waals surface area (Å²) in [7, 11) is 0. The number of halogens is 1. The predicted molar refractivity (Wildman–Crippen MR) is 85.7 cm³/mol. The van der Waals surface area contributed by atoms with Crippen LogP contribution in [0.15, 0.2) is 22.7 Å². The molecule has 0 saturated carbocycles. The van der Waals surface area contributed by atoms with Gasteiger partial charge in [-0.15, -0.1) is 0 Å². The highest BCUT2D eigenvalue weighted by Gasteiger charge is 2.19. The zero-order chi connectivity index (χ0) is 13.0. The van der Waals surface area contributed by atoms with Crippen molar-refractivity contribution in [1.29, 1.82) is 0 Å². The number of rotatable bonds is 4. The van der Waals surface area contributed by atoms with Gasteiger partial charge in [0.05, 0.1) is 0 Å². The van der Waals surface area contributed by atoms with Gasteiger partial charge in [-0.3, -0.25) is 0 Å². The van der Waals surface area contributed by atoms with Gasteiger partial charge in [-0.1, -0.05) is 28.9 Å². The van der Waals surface area contributed by atoms with Crippen LogP contribution in [0.1, 0.15) is 19.4 Å². The lowest BCUT2D eigenvalue weighted by molar-refractivity contribution is 0.698. The Labute approximate surface area is 123 Å². The van der Waals surface area contributed by atoms with Crippen LogP contribution in [-0.4, -0.2) is 30.6 Å². The van der Waals surface area contributed by atoms with E-state index >= 15 is 0 Å². The molecule has 1 aliphatic rings. The summed E-state index contributed by atoms with van der Waals surface area (Å²) in [6.07, 6.45) is 0. The number of hydrogen-bond donors (Lipinski definition) is 1. The molecule has 0 spiro atoms. The van der Waals surface area contributed by atoms with Crippen molar-refractivity contribution >= 4 is 33.4 Å². The van der Waals surface area contributed by atoms with E-state index in [-0.39, 0.29) is 0 Å². The first-order valence-electron chi connectivity index (χ1n) is 6.56. The van der Waals surface area contributed by atoms with Gasteiger partial charge >= 0.3 is 0 Å². The molecule has 2 nitrogen and oxygen atoms in total. The van der Waals surface area contributed by atoms with Gasteiger partial charge in [0.15, 0.2) is 0 Å². The van der Waals surface area contributed by atoms with E-state index in [1.165, 1.54) is 27.2 Å². The van der Waals surface area contributed by atoms with Crippen molar-refractivity contribution in [2.24, 2.45) is 0 Å². The maximum atomic E-state index is 3.69. The van der Waals surface area contributed by atoms with Crippen LogP contribution in [0.3, 0.4) is 0 Å². The molecule has 1 saturated heterocycles. The second-order valence-corrected chi connectivity index (χ2v) is 6.68. The summed E-state index contributed by atoms with van der Waals surface area (Å²) in [6.45, 7) is 7.55. The fraction of sp³-hybridized carbons (Fsp3) is 0.571. The molecule has 0 amide bonds. The maximum Gasteiger partial charge on any atom is 0.0380 e. The molecule has 1 aromatic carbocycles. The third-order valence-electron chi connectivity index (χ3n) is 3.30. The molecule has 1 N–H and O–H groups in total. The van der Waals surface area contributed by atoms with Crippen molar-refractivity contribution < 1.29 is 0 Å². The highest BCUT2D eigenvalue weighted by Crippen LogP contribution is 2.28. The Morgan fingerprint density at radius 1 is 1.50 bits per heavy atom. The quantitative estimate of drug-likeness (QED) is 0.910. The lowest BCUT2D eigenvalue weighted by Crippen LogP contribution is -2.40. The van der Waals surface area contributed by atoms with Gasteiger partial charge < -0.3 is 10.2 Å². The van der Waals surface area contributed by atoms with Crippen LogP contribution < -0.4 is 10.2 Å². The third kappa shape index (κ3) is 3.43. The molecule has 0 radical (unpaired) electrons. The largest absolute Gasteiger partial charge is 0.367 e. The number of nitrogens with zero attached hydrogens (tertiary/aromatic N) is 1. The number of nitrogens with one attached hydrogen (secondary N) is 1. The molecule has 0 aromatic heterocycles. The standard InChI is InChI=1S/C14H21BrN2S/c1-3-16-9-12-4-5-13(8-14(12)15)17-6-7-18-10-11(17)2/h4-5,8,11,16H,3,6-7,9-10H2,1-2H3. The van der Waals surface area contributed by atoms with E-state index in [0.717, 1.165) is 19.6 Å². The second-order valence-electron chi connectivity index (χ2n) is 4.67. The molecule has 18 heavy (non-hydrogen) atoms. The van der Waals surface area contributed by atoms with Gasteiger partial charge in [0, 0.05) is 40.8 Å². The molecule has 1 fully saturated rings. The maximum absolute atomic E-state index is 3.69. The van der Waals surface area contributed by atoms with Crippen LogP contribution in [-0.2, 0) is 6.54 Å². The van der Waals surface area contributed by atoms with Crippen molar-refractivity contribution in [2.75, 3.05) is 29.5 Å². The minimum absolute atomic E-state index is 0.635. The van der Waals surface area contributed by atoms with Crippen LogP contribution in [0.4, 0.5) is 5.69 Å². The number of anilines is 1. The minimum Gasteiger partial charge on any atom is -0.367 e. The van der Waals surface area contributed by atoms with Crippen molar-refractivity contribution in [1.82, 2.24) is 5.32 Å². The Kier molecular flexibility index (Phi) is 5.39. The van der Waals surface area contributed by atoms with E-state index < -0.39 is 0 Å². The average molecular weight is 329 g/mol. The summed E-state index contributed by atoms with van der Waals surface area (Å²) in [4.78, 5) is 2.51. The van der Waals surface area contributed by atoms with Gasteiger partial charge in [0.1, 0.15) is 0 Å². The van der Waals surface area contributed by atoms with E-state index in [0.29, 0.717) is 6.04 Å². The Morgan fingerprint density at radius 2 is 2.33 bits per heavy atom. The third-order valence-corrected chi connectivity index (χ3v) is 5.23. The highest BCUT2D eigenvalue weighted by atomic mass is 79.9. The van der Waals surface area contributed by atoms with Crippen molar-refractivity contribution in [3.05, 3.63) is 28.2 Å². The van der Waals surface area contributed by atoms with Gasteiger partial charge in [0.25, 0.3) is 0 Å². The topological polar surface area (TPSA) is 15.3 Å². The second kappa shape index (κ2) is 6.83. The highest BCUT2D eigenvalue weighted by molar-refractivity contribution is 9.10. The fourth-order valence-corrected chi connectivity index (χ4v) is 3.75. The molecular formula is C14H21BrN2S. The first kappa shape index (κ1) is 14.2. The summed E-state index contributed by atoms with van der Waals surface area (Å²) in [5.41, 5.74) is 2.68. The zero-order valence-corrected chi connectivity index (χ0v) is 13.5. The summed E-state index contributed by atoms with van der Waals surface area (Å²) >= 11 is 5.75. The Balaban J connectivity index is 2.12. The van der Waals surface area contributed by atoms with Crippen molar-refractivity contribution in [3.63, 3.8) is 0 Å². The van der Waals surface area contributed by atoms with Crippen LogP contribution in [0, 0.1) is 0 Å². The first-order chi connectivity index (χ1) is 8.72. The van der Waals surface area contributed by atoms with Crippen LogP contribution in [0.2, 0.25) is 0 Å². The molecular weight excluding hydrogens is 308 g/mol. The number of benzene rings is 1. The summed E-state index contributed by atoms with van der Waals surface area (Å²) in [5.74, 6) is 2.47. The van der Waals surface area contributed by atoms with E-state index in [2.05, 4.69) is 70.0 Å². The Morgan fingerprint density at radius 3 is 3.00 bits per heavy atom. The molecule has 4 heteroatoms. The molecule has 100 valence electrons.